The van der Waals surface area contributed by atoms with E-state index in [1.165, 1.54) is 0 Å². The smallest absolute Gasteiger partial charge is 0.179 e. The van der Waals surface area contributed by atoms with Gasteiger partial charge in [0.25, 0.3) is 0 Å². The normalized spacial score (nSPS) is 21.3. The molecule has 104 valence electrons. The van der Waals surface area contributed by atoms with E-state index in [1.54, 1.807) is 14.2 Å². The number of Topliss-reactive ketones (excluding diaryl/α,β-unsaturated/α-hetero) is 1. The number of rotatable bonds is 5. The molecule has 0 N–H and O–H groups in total. The van der Waals surface area contributed by atoms with Gasteiger partial charge >= 0.3 is 0 Å². The standard InChI is InChI=1S/C15H21NO3/c1-11(16-9-8-14(10-16)19-3)15(17)12-4-6-13(18-2)7-5-12/h4-7,11,14H,8-10H2,1-3H3. The molecule has 19 heavy (non-hydrogen) atoms. The van der Waals surface area contributed by atoms with Gasteiger partial charge < -0.3 is 9.47 Å². The van der Waals surface area contributed by atoms with Gasteiger partial charge in [0.1, 0.15) is 5.75 Å². The van der Waals surface area contributed by atoms with E-state index in [0.717, 1.165) is 30.8 Å². The molecule has 1 aliphatic heterocycles. The first kappa shape index (κ1) is 14.0. The highest BCUT2D eigenvalue weighted by Gasteiger charge is 2.29. The van der Waals surface area contributed by atoms with Gasteiger partial charge in [-0.25, -0.2) is 0 Å². The number of ketones is 1. The van der Waals surface area contributed by atoms with Crippen molar-refractivity contribution in [1.82, 2.24) is 4.90 Å². The van der Waals surface area contributed by atoms with Crippen molar-refractivity contribution in [2.45, 2.75) is 25.5 Å². The van der Waals surface area contributed by atoms with Gasteiger partial charge in [-0.2, -0.15) is 0 Å². The Labute approximate surface area is 114 Å². The lowest BCUT2D eigenvalue weighted by Gasteiger charge is -2.23. The summed E-state index contributed by atoms with van der Waals surface area (Å²) in [6.45, 7) is 3.71. The first-order valence-electron chi connectivity index (χ1n) is 6.60. The summed E-state index contributed by atoms with van der Waals surface area (Å²) in [4.78, 5) is 14.6. The molecule has 2 atom stereocenters. The third-order valence-corrected chi connectivity index (χ3v) is 3.81. The van der Waals surface area contributed by atoms with E-state index in [1.807, 2.05) is 31.2 Å². The zero-order valence-corrected chi connectivity index (χ0v) is 11.8. The number of methoxy groups -OCH3 is 2. The molecule has 1 fully saturated rings. The number of hydrogen-bond acceptors (Lipinski definition) is 4. The van der Waals surface area contributed by atoms with Crippen LogP contribution in [0, 0.1) is 0 Å². The van der Waals surface area contributed by atoms with Crippen LogP contribution in [-0.4, -0.2) is 50.1 Å². The van der Waals surface area contributed by atoms with Crippen LogP contribution in [0.15, 0.2) is 24.3 Å². The molecule has 2 unspecified atom stereocenters. The van der Waals surface area contributed by atoms with Crippen molar-refractivity contribution < 1.29 is 14.3 Å². The molecule has 0 saturated carbocycles. The largest absolute Gasteiger partial charge is 0.497 e. The molecule has 1 heterocycles. The zero-order valence-electron chi connectivity index (χ0n) is 11.8. The third-order valence-electron chi connectivity index (χ3n) is 3.81. The van der Waals surface area contributed by atoms with Gasteiger partial charge in [-0.05, 0) is 37.6 Å². The quantitative estimate of drug-likeness (QED) is 0.762. The maximum absolute atomic E-state index is 12.4. The predicted octanol–water partition coefficient (Wildman–Crippen LogP) is 1.99. The van der Waals surface area contributed by atoms with Crippen molar-refractivity contribution in [3.05, 3.63) is 29.8 Å². The second-order valence-corrected chi connectivity index (χ2v) is 4.91. The number of hydrogen-bond donors (Lipinski definition) is 0. The molecule has 0 radical (unpaired) electrons. The maximum Gasteiger partial charge on any atom is 0.179 e. The summed E-state index contributed by atoms with van der Waals surface area (Å²) < 4.78 is 10.4. The molecule has 0 amide bonds. The summed E-state index contributed by atoms with van der Waals surface area (Å²) in [5.41, 5.74) is 0.731. The van der Waals surface area contributed by atoms with Gasteiger partial charge in [0, 0.05) is 25.8 Å². The molecule has 4 heteroatoms. The van der Waals surface area contributed by atoms with Crippen LogP contribution in [-0.2, 0) is 4.74 Å². The van der Waals surface area contributed by atoms with Crippen LogP contribution in [0.3, 0.4) is 0 Å². The number of likely N-dealkylation sites (tertiary alicyclic amines) is 1. The molecule has 0 aromatic heterocycles. The van der Waals surface area contributed by atoms with Crippen LogP contribution < -0.4 is 4.74 Å². The molecule has 0 aliphatic carbocycles. The van der Waals surface area contributed by atoms with Gasteiger partial charge in [0.15, 0.2) is 5.78 Å². The minimum absolute atomic E-state index is 0.103. The number of benzene rings is 1. The summed E-state index contributed by atoms with van der Waals surface area (Å²) in [6, 6.07) is 7.18. The monoisotopic (exact) mass is 263 g/mol. The fraction of sp³-hybridized carbons (Fsp3) is 0.533. The lowest BCUT2D eigenvalue weighted by Crippen LogP contribution is -2.38. The Morgan fingerprint density at radius 2 is 2.00 bits per heavy atom. The first-order chi connectivity index (χ1) is 9.15. The predicted molar refractivity (Wildman–Crippen MR) is 73.8 cm³/mol. The van der Waals surface area contributed by atoms with Crippen molar-refractivity contribution in [2.24, 2.45) is 0 Å². The highest BCUT2D eigenvalue weighted by molar-refractivity contribution is 5.99. The SMILES string of the molecule is COc1ccc(C(=O)C(C)N2CCC(OC)C2)cc1. The van der Waals surface area contributed by atoms with Crippen molar-refractivity contribution >= 4 is 5.78 Å². The maximum atomic E-state index is 12.4. The minimum atomic E-state index is -0.103. The lowest BCUT2D eigenvalue weighted by atomic mass is 10.0. The molecule has 1 aliphatic rings. The van der Waals surface area contributed by atoms with Crippen LogP contribution in [0.2, 0.25) is 0 Å². The van der Waals surface area contributed by atoms with E-state index in [2.05, 4.69) is 4.90 Å². The van der Waals surface area contributed by atoms with Gasteiger partial charge in [-0.15, -0.1) is 0 Å². The molecular weight excluding hydrogens is 242 g/mol. The van der Waals surface area contributed by atoms with Crippen LogP contribution in [0.5, 0.6) is 5.75 Å². The van der Waals surface area contributed by atoms with Gasteiger partial charge in [0.05, 0.1) is 19.3 Å². The van der Waals surface area contributed by atoms with Gasteiger partial charge in [0.2, 0.25) is 0 Å². The second-order valence-electron chi connectivity index (χ2n) is 4.91. The topological polar surface area (TPSA) is 38.8 Å². The fourth-order valence-electron chi connectivity index (χ4n) is 2.46. The van der Waals surface area contributed by atoms with Crippen LogP contribution in [0.4, 0.5) is 0 Å². The Hall–Kier alpha value is -1.39. The van der Waals surface area contributed by atoms with Crippen molar-refractivity contribution in [2.75, 3.05) is 27.3 Å². The van der Waals surface area contributed by atoms with E-state index in [4.69, 9.17) is 9.47 Å². The minimum Gasteiger partial charge on any atom is -0.497 e. The molecule has 1 aromatic rings. The summed E-state index contributed by atoms with van der Waals surface area (Å²) in [7, 11) is 3.35. The van der Waals surface area contributed by atoms with Crippen LogP contribution in [0.1, 0.15) is 23.7 Å². The van der Waals surface area contributed by atoms with Crippen molar-refractivity contribution in [1.29, 1.82) is 0 Å². The van der Waals surface area contributed by atoms with E-state index < -0.39 is 0 Å². The number of carbonyl (C=O) groups is 1. The summed E-state index contributed by atoms with van der Waals surface area (Å²) in [5, 5.41) is 0. The highest BCUT2D eigenvalue weighted by atomic mass is 16.5. The highest BCUT2D eigenvalue weighted by Crippen LogP contribution is 2.19. The zero-order chi connectivity index (χ0) is 13.8. The summed E-state index contributed by atoms with van der Waals surface area (Å²) in [5.74, 6) is 0.921. The van der Waals surface area contributed by atoms with Gasteiger partial charge in [-0.3, -0.25) is 9.69 Å². The Kier molecular flexibility index (Phi) is 4.56. The van der Waals surface area contributed by atoms with Crippen LogP contribution >= 0.6 is 0 Å². The Morgan fingerprint density at radius 3 is 2.53 bits per heavy atom. The number of ether oxygens (including phenoxy) is 2. The fourth-order valence-corrected chi connectivity index (χ4v) is 2.46. The average molecular weight is 263 g/mol. The second kappa shape index (κ2) is 6.17. The molecule has 4 nitrogen and oxygen atoms in total. The summed E-state index contributed by atoms with van der Waals surface area (Å²) in [6.07, 6.45) is 1.25. The molecule has 0 spiro atoms. The number of nitrogens with zero attached hydrogens (tertiary/aromatic N) is 1. The molecular formula is C15H21NO3. The number of carbonyl (C=O) groups excluding carboxylic acids is 1. The van der Waals surface area contributed by atoms with E-state index in [0.29, 0.717) is 0 Å². The Morgan fingerprint density at radius 1 is 1.32 bits per heavy atom. The van der Waals surface area contributed by atoms with Crippen molar-refractivity contribution in [3.63, 3.8) is 0 Å². The molecule has 0 bridgehead atoms. The van der Waals surface area contributed by atoms with E-state index >= 15 is 0 Å². The Bertz CT molecular complexity index is 430. The molecule has 1 aromatic carbocycles. The van der Waals surface area contributed by atoms with Crippen molar-refractivity contribution in [3.8, 4) is 5.75 Å². The molecule has 2 rings (SSSR count). The first-order valence-corrected chi connectivity index (χ1v) is 6.60. The molecule has 1 saturated heterocycles. The van der Waals surface area contributed by atoms with Gasteiger partial charge in [-0.1, -0.05) is 0 Å². The van der Waals surface area contributed by atoms with E-state index in [-0.39, 0.29) is 17.9 Å². The lowest BCUT2D eigenvalue weighted by molar-refractivity contribution is 0.0801. The summed E-state index contributed by atoms with van der Waals surface area (Å²) >= 11 is 0. The third kappa shape index (κ3) is 3.14. The van der Waals surface area contributed by atoms with E-state index in [9.17, 15) is 4.79 Å². The Balaban J connectivity index is 2.02. The van der Waals surface area contributed by atoms with Crippen LogP contribution in [0.25, 0.3) is 0 Å². The average Bonchev–Trinajstić information content (AvgIpc) is 2.94.